The number of fused-ring (bicyclic) bond motifs is 5. The first-order chi connectivity index (χ1) is 29.4. The van der Waals surface area contributed by atoms with Gasteiger partial charge in [0.15, 0.2) is 0 Å². The van der Waals surface area contributed by atoms with Crippen molar-refractivity contribution in [3.05, 3.63) is 192 Å². The van der Waals surface area contributed by atoms with Crippen LogP contribution in [0.1, 0.15) is 26.3 Å². The van der Waals surface area contributed by atoms with Crippen molar-refractivity contribution >= 4 is 73.9 Å². The number of hydrogen-bond acceptors (Lipinski definition) is 4. The van der Waals surface area contributed by atoms with Crippen molar-refractivity contribution < 1.29 is 4.74 Å². The second-order valence-corrected chi connectivity index (χ2v) is 19.1. The Balaban J connectivity index is 0.984. The predicted molar refractivity (Wildman–Crippen MR) is 251 cm³/mol. The minimum atomic E-state index is -0.380. The molecule has 0 fully saturated rings. The van der Waals surface area contributed by atoms with Gasteiger partial charge in [-0.1, -0.05) is 91.0 Å². The van der Waals surface area contributed by atoms with Gasteiger partial charge in [0.2, 0.25) is 0 Å². The molecule has 0 saturated carbocycles. The second-order valence-electron chi connectivity index (χ2n) is 16.5. The van der Waals surface area contributed by atoms with E-state index in [0.29, 0.717) is 6.67 Å². The molecule has 0 N–H and O–H groups in total. The summed E-state index contributed by atoms with van der Waals surface area (Å²) in [5.74, 6) is 2.51. The van der Waals surface area contributed by atoms with E-state index in [0.717, 1.165) is 50.9 Å². The summed E-state index contributed by atoms with van der Waals surface area (Å²) in [5.41, 5.74) is 14.1. The van der Waals surface area contributed by atoms with Gasteiger partial charge in [-0.2, -0.15) is 0 Å². The van der Waals surface area contributed by atoms with Crippen LogP contribution in [0.5, 0.6) is 11.5 Å². The molecule has 10 aromatic rings. The van der Waals surface area contributed by atoms with Gasteiger partial charge in [0.25, 0.3) is 0 Å². The van der Waals surface area contributed by atoms with Crippen molar-refractivity contribution in [2.45, 2.75) is 26.2 Å². The third-order valence-electron chi connectivity index (χ3n) is 11.7. The summed E-state index contributed by atoms with van der Waals surface area (Å²) in [7, 11) is 0. The van der Waals surface area contributed by atoms with Crippen LogP contribution in [-0.2, 0) is 5.41 Å². The monoisotopic (exact) mass is 892 g/mol. The number of benzene rings is 7. The number of para-hydroxylation sites is 4. The van der Waals surface area contributed by atoms with E-state index in [1.807, 2.05) is 0 Å². The van der Waals surface area contributed by atoms with E-state index >= 15 is 0 Å². The first kappa shape index (κ1) is 36.5. The van der Waals surface area contributed by atoms with Crippen molar-refractivity contribution in [1.29, 1.82) is 0 Å². The van der Waals surface area contributed by atoms with E-state index in [2.05, 4.69) is 221 Å². The maximum absolute atomic E-state index is 6.80. The maximum atomic E-state index is 6.80. The fourth-order valence-corrected chi connectivity index (χ4v) is 11.9. The Bertz CT molecular complexity index is 3160. The summed E-state index contributed by atoms with van der Waals surface area (Å²) in [6, 6.07) is 65.0. The Morgan fingerprint density at radius 1 is 0.550 bits per heavy atom. The Morgan fingerprint density at radius 2 is 1.18 bits per heavy atom. The molecule has 7 aromatic carbocycles. The molecule has 0 unspecified atom stereocenters. The molecule has 0 bridgehead atoms. The fourth-order valence-electron chi connectivity index (χ4n) is 8.89. The summed E-state index contributed by atoms with van der Waals surface area (Å²) in [4.78, 5) is 10.1. The van der Waals surface area contributed by atoms with Crippen molar-refractivity contribution in [3.63, 3.8) is 0 Å². The summed E-state index contributed by atoms with van der Waals surface area (Å²) in [6.07, 6.45) is 0. The van der Waals surface area contributed by atoms with E-state index < -0.39 is 0 Å². The molecule has 5 nitrogen and oxygen atoms in total. The molecule has 6 heteroatoms. The van der Waals surface area contributed by atoms with Crippen molar-refractivity contribution in [1.82, 2.24) is 9.55 Å². The minimum absolute atomic E-state index is 0.0128. The molecule has 11 rings (SSSR count). The Morgan fingerprint density at radius 3 is 1.92 bits per heavy atom. The van der Waals surface area contributed by atoms with E-state index in [1.165, 1.54) is 47.7 Å². The molecule has 0 aliphatic carbocycles. The molecule has 60 heavy (non-hydrogen) atoms. The van der Waals surface area contributed by atoms with Gasteiger partial charge < -0.3 is 9.80 Å². The first-order valence-electron chi connectivity index (χ1n) is 20.5. The Kier molecular flexibility index (Phi) is 8.88. The average Bonchev–Trinajstić information content (AvgIpc) is 4.00. The molecule has 0 atom stereocenters. The van der Waals surface area contributed by atoms with Gasteiger partial charge in [-0.25, -0.2) is 0 Å². The molecule has 1 aliphatic rings. The standard InChI is InChI=1S/C54H42N4OTe/c1-54(2,3)45-34-51(55-46-30-31-60-53(45)46)58-47-25-11-10-22-43(47)44-29-28-40(33-50(44)58)59-39-21-14-20-38(32-39)56-35-57(49-27-13-12-26-48(49)56)52-41(36-16-6-4-7-17-36)23-15-24-42(52)37-18-8-5-9-19-37/h4-34H,35H2,1-3H3. The number of aromatic nitrogens is 2. The fraction of sp³-hybridized carbons (Fsp3) is 0.0926. The zero-order chi connectivity index (χ0) is 40.4. The van der Waals surface area contributed by atoms with E-state index in [9.17, 15) is 0 Å². The van der Waals surface area contributed by atoms with Gasteiger partial charge in [-0.15, -0.1) is 0 Å². The van der Waals surface area contributed by atoms with Crippen LogP contribution in [0.15, 0.2) is 186 Å². The van der Waals surface area contributed by atoms with Crippen LogP contribution in [0, 0.1) is 0 Å². The third kappa shape index (κ3) is 6.27. The van der Waals surface area contributed by atoms with Crippen LogP contribution in [0.3, 0.4) is 0 Å². The Hall–Kier alpha value is -6.58. The second kappa shape index (κ2) is 14.6. The van der Waals surface area contributed by atoms with Crippen LogP contribution in [0.2, 0.25) is 0 Å². The molecular formula is C54H42N4OTe. The van der Waals surface area contributed by atoms with Crippen molar-refractivity contribution in [2.75, 3.05) is 16.5 Å². The van der Waals surface area contributed by atoms with Crippen molar-refractivity contribution in [2.24, 2.45) is 0 Å². The topological polar surface area (TPSA) is 33.5 Å². The molecule has 1 aliphatic heterocycles. The zero-order valence-corrected chi connectivity index (χ0v) is 36.0. The molecule has 0 saturated heterocycles. The third-order valence-corrected chi connectivity index (χ3v) is 14.3. The number of hydrogen-bond donors (Lipinski definition) is 0. The van der Waals surface area contributed by atoms with Crippen LogP contribution in [0.25, 0.3) is 58.8 Å². The van der Waals surface area contributed by atoms with E-state index in [4.69, 9.17) is 9.72 Å². The summed E-state index contributed by atoms with van der Waals surface area (Å²) in [5, 5.41) is 2.38. The van der Waals surface area contributed by atoms with Crippen LogP contribution in [0.4, 0.5) is 22.7 Å². The summed E-state index contributed by atoms with van der Waals surface area (Å²) >= 11 is -0.380. The average molecular weight is 891 g/mol. The number of anilines is 4. The first-order valence-corrected chi connectivity index (χ1v) is 23.0. The van der Waals surface area contributed by atoms with Gasteiger partial charge in [-0.05, 0) is 29.3 Å². The van der Waals surface area contributed by atoms with Crippen LogP contribution >= 0.6 is 0 Å². The molecular weight excluding hydrogens is 848 g/mol. The summed E-state index contributed by atoms with van der Waals surface area (Å²) in [6.45, 7) is 7.58. The molecule has 3 aromatic heterocycles. The van der Waals surface area contributed by atoms with Gasteiger partial charge >= 0.3 is 197 Å². The number of pyridine rings is 1. The van der Waals surface area contributed by atoms with Gasteiger partial charge in [-0.3, -0.25) is 0 Å². The van der Waals surface area contributed by atoms with E-state index in [-0.39, 0.29) is 25.8 Å². The summed E-state index contributed by atoms with van der Waals surface area (Å²) < 4.78 is 12.9. The van der Waals surface area contributed by atoms with Gasteiger partial charge in [0.1, 0.15) is 6.67 Å². The number of ether oxygens (including phenoxy) is 1. The molecule has 0 amide bonds. The zero-order valence-electron chi connectivity index (χ0n) is 33.7. The van der Waals surface area contributed by atoms with E-state index in [1.54, 1.807) is 0 Å². The van der Waals surface area contributed by atoms with Crippen molar-refractivity contribution in [3.8, 4) is 39.6 Å². The van der Waals surface area contributed by atoms with Crippen LogP contribution in [-0.4, -0.2) is 36.7 Å². The number of nitrogens with zero attached hydrogens (tertiary/aromatic N) is 4. The molecule has 0 radical (unpaired) electrons. The van der Waals surface area contributed by atoms with Gasteiger partial charge in [0.05, 0.1) is 17.1 Å². The molecule has 0 spiro atoms. The number of rotatable bonds is 7. The predicted octanol–water partition coefficient (Wildman–Crippen LogP) is 14.1. The van der Waals surface area contributed by atoms with Gasteiger partial charge in [0, 0.05) is 11.1 Å². The molecule has 4 heterocycles. The van der Waals surface area contributed by atoms with Crippen LogP contribution < -0.4 is 14.5 Å². The SMILES string of the molecule is CC(C)(C)c1cc(-n2c3ccccc3c3ccc(Oc4cccc(N5CN(c6c(-c7ccccc7)cccc6-c6ccccc6)c6ccccc65)c4)cc32)nc2cc[te]c12. The molecule has 290 valence electrons. The Labute approximate surface area is 360 Å². The quantitative estimate of drug-likeness (QED) is 0.149. The normalized spacial score (nSPS) is 12.8.